The van der Waals surface area contributed by atoms with Crippen molar-refractivity contribution in [1.82, 2.24) is 0 Å². The lowest BCUT2D eigenvalue weighted by atomic mass is 9.30. The van der Waals surface area contributed by atoms with E-state index in [1.54, 1.807) is 38.9 Å². The number of para-hydroxylation sites is 1. The zero-order chi connectivity index (χ0) is 55.8. The van der Waals surface area contributed by atoms with Gasteiger partial charge in [0.2, 0.25) is 6.71 Å². The highest BCUT2D eigenvalue weighted by Gasteiger charge is 2.58. The van der Waals surface area contributed by atoms with Crippen LogP contribution < -0.4 is 21.3 Å². The molecule has 1 saturated carbocycles. The molecule has 3 heteroatoms. The maximum atomic E-state index is 6.75. The van der Waals surface area contributed by atoms with E-state index in [1.165, 1.54) is 123 Å². The first-order chi connectivity index (χ1) is 37.9. The molecule has 0 radical (unpaired) electrons. The molecular formula is C77H88BNO. The summed E-state index contributed by atoms with van der Waals surface area (Å²) in [7, 11) is 0. The van der Waals surface area contributed by atoms with E-state index in [0.29, 0.717) is 5.92 Å². The first-order valence-electron chi connectivity index (χ1n) is 31.3. The molecular weight excluding hydrogens is 966 g/mol. The number of rotatable bonds is 7. The van der Waals surface area contributed by atoms with Gasteiger partial charge in [0.15, 0.2) is 0 Å². The van der Waals surface area contributed by atoms with Crippen molar-refractivity contribution in [1.29, 1.82) is 0 Å². The van der Waals surface area contributed by atoms with Crippen molar-refractivity contribution in [2.75, 3.05) is 4.90 Å². The number of hydrogen-bond acceptors (Lipinski definition) is 2. The van der Waals surface area contributed by atoms with Gasteiger partial charge in [-0.15, -0.1) is 0 Å². The van der Waals surface area contributed by atoms with Crippen LogP contribution >= 0.6 is 0 Å². The van der Waals surface area contributed by atoms with Crippen LogP contribution in [0.4, 0.5) is 17.1 Å². The summed E-state index contributed by atoms with van der Waals surface area (Å²) in [6, 6.07) is 49.3. The van der Waals surface area contributed by atoms with Gasteiger partial charge in [-0.2, -0.15) is 0 Å². The van der Waals surface area contributed by atoms with Crippen LogP contribution in [0.25, 0.3) is 21.9 Å². The third kappa shape index (κ3) is 7.69. The quantitative estimate of drug-likeness (QED) is 0.148. The first-order valence-corrected chi connectivity index (χ1v) is 31.3. The molecule has 0 saturated heterocycles. The summed E-state index contributed by atoms with van der Waals surface area (Å²) < 4.78 is 6.75. The standard InChI is InChI=1S/C77H88BNO/c1-47-40-55-51(29-24-48-26-32-57-59(42-48)73(7,8)37-36-72(57,5)6)54-45-60-61(75(11,12)39-38-74(60,9)10)46-63(54)78-62-33-27-49(25-31-56-52-30-28-50(71(2,3)4)44-58(52)77(14)35-18-17-34-76(56,77)13)43-65(62)79(66(41-47)70(55)78)64-21-19-23-68-69(64)53-20-15-16-22-67(53)80-68/h15-16,19-23,26-28,30,32-33,40-46,51,56H,17-18,24-25,29,31,34-39H2,1-14H3. The normalized spacial score (nSPS) is 24.4. The Morgan fingerprint density at radius 3 is 1.91 bits per heavy atom. The molecule has 0 spiro atoms. The van der Waals surface area contributed by atoms with Crippen molar-refractivity contribution in [2.24, 2.45) is 5.41 Å². The number of nitrogens with zero attached hydrogens (tertiary/aromatic N) is 1. The highest BCUT2D eigenvalue weighted by Crippen LogP contribution is 2.66. The Labute approximate surface area is 480 Å². The summed E-state index contributed by atoms with van der Waals surface area (Å²) >= 11 is 0. The average Bonchev–Trinajstić information content (AvgIpc) is 4.03. The van der Waals surface area contributed by atoms with Gasteiger partial charge < -0.3 is 9.32 Å². The Balaban J connectivity index is 0.956. The second-order valence-corrected chi connectivity index (χ2v) is 30.8. The molecule has 8 aromatic rings. The predicted molar refractivity (Wildman–Crippen MR) is 342 cm³/mol. The summed E-state index contributed by atoms with van der Waals surface area (Å²) in [4.78, 5) is 2.71. The number of benzene rings is 7. The van der Waals surface area contributed by atoms with Gasteiger partial charge in [0.1, 0.15) is 11.2 Å². The summed E-state index contributed by atoms with van der Waals surface area (Å²) in [5.74, 6) is 0.761. The van der Waals surface area contributed by atoms with Crippen LogP contribution in [0.3, 0.4) is 0 Å². The van der Waals surface area contributed by atoms with Gasteiger partial charge in [0.25, 0.3) is 0 Å². The lowest BCUT2D eigenvalue weighted by Gasteiger charge is -2.49. The smallest absolute Gasteiger partial charge is 0.247 e. The van der Waals surface area contributed by atoms with Crippen molar-refractivity contribution < 1.29 is 4.42 Å². The maximum Gasteiger partial charge on any atom is 0.247 e. The van der Waals surface area contributed by atoms with E-state index < -0.39 is 0 Å². The van der Waals surface area contributed by atoms with Gasteiger partial charge in [-0.25, -0.2) is 0 Å². The van der Waals surface area contributed by atoms with Gasteiger partial charge in [-0.3, -0.25) is 0 Å². The van der Waals surface area contributed by atoms with Crippen LogP contribution in [0.5, 0.6) is 0 Å². The van der Waals surface area contributed by atoms with Crippen LogP contribution in [0.1, 0.15) is 233 Å². The SMILES string of the molecule is Cc1cc2c3c(c1)N(c1cccc4oc5ccccc5c14)c1cc(CCC4c5ccc(C(C)(C)C)cc5C5(C)CCCCC45C)ccc1B3c1cc3c(cc1C2CCc1ccc2c(c1)C(C)(C)CCC2(C)C)C(C)(C)CCC3(C)C. The van der Waals surface area contributed by atoms with Gasteiger partial charge in [-0.05, 0) is 223 Å². The van der Waals surface area contributed by atoms with E-state index in [-0.39, 0.29) is 50.5 Å². The molecule has 0 bridgehead atoms. The average molecular weight is 1050 g/mol. The van der Waals surface area contributed by atoms with Gasteiger partial charge in [-0.1, -0.05) is 199 Å². The fourth-order valence-electron chi connectivity index (χ4n) is 17.8. The zero-order valence-electron chi connectivity index (χ0n) is 51.1. The van der Waals surface area contributed by atoms with Crippen molar-refractivity contribution in [3.05, 3.63) is 188 Å². The largest absolute Gasteiger partial charge is 0.456 e. The second kappa shape index (κ2) is 17.6. The molecule has 1 aromatic heterocycles. The molecule has 4 aliphatic carbocycles. The van der Waals surface area contributed by atoms with Gasteiger partial charge in [0.05, 0.1) is 11.1 Å². The van der Waals surface area contributed by atoms with Crippen LogP contribution in [0.2, 0.25) is 0 Å². The van der Waals surface area contributed by atoms with Crippen molar-refractivity contribution in [3.63, 3.8) is 0 Å². The molecule has 0 amide bonds. The Morgan fingerprint density at radius 2 is 1.16 bits per heavy atom. The summed E-state index contributed by atoms with van der Waals surface area (Å²) in [5, 5.41) is 2.37. The molecule has 80 heavy (non-hydrogen) atoms. The monoisotopic (exact) mass is 1050 g/mol. The summed E-state index contributed by atoms with van der Waals surface area (Å²) in [5.41, 5.74) is 29.7. The highest BCUT2D eigenvalue weighted by atomic mass is 16.3. The molecule has 410 valence electrons. The van der Waals surface area contributed by atoms with Crippen molar-refractivity contribution >= 4 is 62.1 Å². The topological polar surface area (TPSA) is 16.4 Å². The minimum atomic E-state index is 0.0824. The molecule has 3 heterocycles. The highest BCUT2D eigenvalue weighted by molar-refractivity contribution is 6.99. The first kappa shape index (κ1) is 52.3. The Bertz CT molecular complexity index is 3870. The van der Waals surface area contributed by atoms with E-state index in [4.69, 9.17) is 4.42 Å². The lowest BCUT2D eigenvalue weighted by Crippen LogP contribution is -2.62. The summed E-state index contributed by atoms with van der Waals surface area (Å²) in [6.45, 7) is 34.9. The van der Waals surface area contributed by atoms with E-state index in [1.807, 2.05) is 0 Å². The van der Waals surface area contributed by atoms with Gasteiger partial charge in [0, 0.05) is 22.7 Å². The molecule has 0 N–H and O–H groups in total. The fourth-order valence-corrected chi connectivity index (χ4v) is 17.8. The van der Waals surface area contributed by atoms with Gasteiger partial charge >= 0.3 is 0 Å². The van der Waals surface area contributed by atoms with E-state index in [9.17, 15) is 0 Å². The minimum Gasteiger partial charge on any atom is -0.456 e. The van der Waals surface area contributed by atoms with Crippen LogP contribution in [-0.2, 0) is 45.3 Å². The fraction of sp³-hybridized carbons (Fsp3) is 0.455. The van der Waals surface area contributed by atoms with E-state index in [2.05, 4.69) is 223 Å². The third-order valence-electron chi connectivity index (χ3n) is 23.2. The van der Waals surface area contributed by atoms with Crippen LogP contribution in [-0.4, -0.2) is 6.71 Å². The van der Waals surface area contributed by atoms with E-state index in [0.717, 1.165) is 36.8 Å². The van der Waals surface area contributed by atoms with Crippen molar-refractivity contribution in [3.8, 4) is 0 Å². The molecule has 1 fully saturated rings. The molecule has 2 aliphatic heterocycles. The van der Waals surface area contributed by atoms with Crippen LogP contribution in [0, 0.1) is 12.3 Å². The number of anilines is 3. The number of hydrogen-bond donors (Lipinski definition) is 0. The Kier molecular flexibility index (Phi) is 11.5. The molecule has 6 aliphatic rings. The Hall–Kier alpha value is -5.80. The third-order valence-corrected chi connectivity index (χ3v) is 23.2. The second-order valence-electron chi connectivity index (χ2n) is 30.8. The summed E-state index contributed by atoms with van der Waals surface area (Å²) in [6.07, 6.45) is 14.4. The molecule has 7 aromatic carbocycles. The van der Waals surface area contributed by atoms with E-state index >= 15 is 0 Å². The predicted octanol–water partition coefficient (Wildman–Crippen LogP) is 18.8. The number of furan rings is 1. The molecule has 2 nitrogen and oxygen atoms in total. The maximum absolute atomic E-state index is 6.75. The zero-order valence-corrected chi connectivity index (χ0v) is 51.1. The molecule has 4 atom stereocenters. The molecule has 4 unspecified atom stereocenters. The van der Waals surface area contributed by atoms with Crippen molar-refractivity contribution in [2.45, 2.75) is 218 Å². The molecule has 14 rings (SSSR count). The Morgan fingerprint density at radius 1 is 0.512 bits per heavy atom. The van der Waals surface area contributed by atoms with Crippen LogP contribution in [0.15, 0.2) is 126 Å². The lowest BCUT2D eigenvalue weighted by molar-refractivity contribution is 0.0763. The number of aryl methyl sites for hydroxylation is 3. The minimum absolute atomic E-state index is 0.0824. The number of fused-ring (bicyclic) bond motifs is 12.